The van der Waals surface area contributed by atoms with Crippen molar-refractivity contribution in [3.63, 3.8) is 0 Å². The first-order valence-corrected chi connectivity index (χ1v) is 7.08. The normalized spacial score (nSPS) is 18.2. The molecule has 0 saturated carbocycles. The zero-order valence-electron chi connectivity index (χ0n) is 11.0. The molecule has 1 fully saturated rings. The molecule has 1 aliphatic heterocycles. The van der Waals surface area contributed by atoms with Gasteiger partial charge in [0.15, 0.2) is 0 Å². The number of halogens is 1. The highest BCUT2D eigenvalue weighted by Crippen LogP contribution is 2.21. The molecule has 4 nitrogen and oxygen atoms in total. The first kappa shape index (κ1) is 14.6. The highest BCUT2D eigenvalue weighted by Gasteiger charge is 2.19. The minimum absolute atomic E-state index is 0.155. The van der Waals surface area contributed by atoms with Crippen LogP contribution in [0.4, 0.5) is 0 Å². The summed E-state index contributed by atoms with van der Waals surface area (Å²) in [5.41, 5.74) is 2.84. The molecule has 3 N–H and O–H groups in total. The Balaban J connectivity index is 1.78. The SMILES string of the molecule is NNC(COc1cccc(Cl)c1)CC1CCOCC1. The maximum Gasteiger partial charge on any atom is 0.120 e. The lowest BCUT2D eigenvalue weighted by molar-refractivity contribution is 0.0581. The number of benzene rings is 1. The number of ether oxygens (including phenoxy) is 2. The molecule has 0 bridgehead atoms. The Hall–Kier alpha value is -0.810. The molecule has 1 atom stereocenters. The Morgan fingerprint density at radius 1 is 1.42 bits per heavy atom. The number of hydrogen-bond donors (Lipinski definition) is 2. The average molecular weight is 285 g/mol. The van der Waals surface area contributed by atoms with E-state index < -0.39 is 0 Å². The van der Waals surface area contributed by atoms with Crippen LogP contribution in [-0.4, -0.2) is 25.9 Å². The lowest BCUT2D eigenvalue weighted by atomic mass is 9.93. The Labute approximate surface area is 119 Å². The summed E-state index contributed by atoms with van der Waals surface area (Å²) in [5, 5.41) is 0.680. The van der Waals surface area contributed by atoms with Gasteiger partial charge in [0.2, 0.25) is 0 Å². The monoisotopic (exact) mass is 284 g/mol. The molecular weight excluding hydrogens is 264 g/mol. The summed E-state index contributed by atoms with van der Waals surface area (Å²) in [6, 6.07) is 7.57. The van der Waals surface area contributed by atoms with E-state index in [-0.39, 0.29) is 6.04 Å². The fourth-order valence-electron chi connectivity index (χ4n) is 2.32. The predicted octanol–water partition coefficient (Wildman–Crippen LogP) is 2.37. The van der Waals surface area contributed by atoms with Gasteiger partial charge in [0.25, 0.3) is 0 Å². The number of hydrazine groups is 1. The molecule has 0 amide bonds. The second kappa shape index (κ2) is 7.70. The molecule has 1 unspecified atom stereocenters. The fourth-order valence-corrected chi connectivity index (χ4v) is 2.50. The Bertz CT molecular complexity index is 383. The minimum atomic E-state index is 0.155. The van der Waals surface area contributed by atoms with E-state index in [0.717, 1.165) is 38.2 Å². The van der Waals surface area contributed by atoms with E-state index in [2.05, 4.69) is 5.43 Å². The van der Waals surface area contributed by atoms with Gasteiger partial charge < -0.3 is 9.47 Å². The van der Waals surface area contributed by atoms with Crippen molar-refractivity contribution in [2.24, 2.45) is 11.8 Å². The van der Waals surface area contributed by atoms with Crippen LogP contribution in [0.25, 0.3) is 0 Å². The molecule has 0 aliphatic carbocycles. The van der Waals surface area contributed by atoms with Gasteiger partial charge >= 0.3 is 0 Å². The molecule has 2 rings (SSSR count). The van der Waals surface area contributed by atoms with Gasteiger partial charge in [-0.3, -0.25) is 11.3 Å². The van der Waals surface area contributed by atoms with E-state index in [1.807, 2.05) is 24.3 Å². The molecule has 0 radical (unpaired) electrons. The van der Waals surface area contributed by atoms with Crippen LogP contribution in [0.1, 0.15) is 19.3 Å². The average Bonchev–Trinajstić information content (AvgIpc) is 2.44. The maximum absolute atomic E-state index is 5.92. The highest BCUT2D eigenvalue weighted by molar-refractivity contribution is 6.30. The third-order valence-electron chi connectivity index (χ3n) is 3.44. The van der Waals surface area contributed by atoms with Gasteiger partial charge in [-0.2, -0.15) is 0 Å². The molecule has 1 aliphatic rings. The topological polar surface area (TPSA) is 56.5 Å². The third kappa shape index (κ3) is 4.99. The van der Waals surface area contributed by atoms with E-state index in [1.54, 1.807) is 0 Å². The molecule has 0 aromatic heterocycles. The van der Waals surface area contributed by atoms with Crippen molar-refractivity contribution in [1.82, 2.24) is 5.43 Å². The molecule has 5 heteroatoms. The second-order valence-corrected chi connectivity index (χ2v) is 5.36. The van der Waals surface area contributed by atoms with Crippen LogP contribution in [-0.2, 0) is 4.74 Å². The summed E-state index contributed by atoms with van der Waals surface area (Å²) in [7, 11) is 0. The minimum Gasteiger partial charge on any atom is -0.492 e. The zero-order chi connectivity index (χ0) is 13.5. The van der Waals surface area contributed by atoms with E-state index in [9.17, 15) is 0 Å². The van der Waals surface area contributed by atoms with Gasteiger partial charge in [0.05, 0.1) is 6.04 Å². The van der Waals surface area contributed by atoms with Crippen molar-refractivity contribution < 1.29 is 9.47 Å². The lowest BCUT2D eigenvalue weighted by Gasteiger charge is -2.26. The van der Waals surface area contributed by atoms with Gasteiger partial charge in [0.1, 0.15) is 12.4 Å². The largest absolute Gasteiger partial charge is 0.492 e. The van der Waals surface area contributed by atoms with Crippen molar-refractivity contribution in [2.75, 3.05) is 19.8 Å². The number of nitrogens with two attached hydrogens (primary N) is 1. The molecule has 1 heterocycles. The van der Waals surface area contributed by atoms with Gasteiger partial charge in [-0.1, -0.05) is 17.7 Å². The quantitative estimate of drug-likeness (QED) is 0.622. The van der Waals surface area contributed by atoms with E-state index >= 15 is 0 Å². The van der Waals surface area contributed by atoms with Gasteiger partial charge in [0, 0.05) is 18.2 Å². The number of rotatable bonds is 6. The van der Waals surface area contributed by atoms with E-state index in [1.165, 1.54) is 0 Å². The summed E-state index contributed by atoms with van der Waals surface area (Å²) >= 11 is 5.92. The molecular formula is C14H21ClN2O2. The van der Waals surface area contributed by atoms with Gasteiger partial charge in [-0.05, 0) is 43.4 Å². The zero-order valence-corrected chi connectivity index (χ0v) is 11.7. The highest BCUT2D eigenvalue weighted by atomic mass is 35.5. The van der Waals surface area contributed by atoms with Crippen LogP contribution in [0, 0.1) is 5.92 Å². The smallest absolute Gasteiger partial charge is 0.120 e. The fraction of sp³-hybridized carbons (Fsp3) is 0.571. The van der Waals surface area contributed by atoms with Gasteiger partial charge in [-0.15, -0.1) is 0 Å². The van der Waals surface area contributed by atoms with Crippen LogP contribution in [0.5, 0.6) is 5.75 Å². The Morgan fingerprint density at radius 2 is 2.21 bits per heavy atom. The van der Waals surface area contributed by atoms with E-state index in [0.29, 0.717) is 17.5 Å². The summed E-state index contributed by atoms with van der Waals surface area (Å²) in [6.45, 7) is 2.27. The summed E-state index contributed by atoms with van der Waals surface area (Å²) < 4.78 is 11.1. The van der Waals surface area contributed by atoms with Crippen molar-refractivity contribution in [3.8, 4) is 5.75 Å². The van der Waals surface area contributed by atoms with Crippen molar-refractivity contribution in [2.45, 2.75) is 25.3 Å². The molecule has 1 aromatic carbocycles. The van der Waals surface area contributed by atoms with Crippen molar-refractivity contribution in [1.29, 1.82) is 0 Å². The van der Waals surface area contributed by atoms with Crippen LogP contribution in [0.15, 0.2) is 24.3 Å². The molecule has 19 heavy (non-hydrogen) atoms. The van der Waals surface area contributed by atoms with Crippen molar-refractivity contribution >= 4 is 11.6 Å². The molecule has 106 valence electrons. The van der Waals surface area contributed by atoms with Crippen LogP contribution >= 0.6 is 11.6 Å². The predicted molar refractivity (Wildman–Crippen MR) is 76.2 cm³/mol. The Kier molecular flexibility index (Phi) is 5.92. The van der Waals surface area contributed by atoms with Crippen LogP contribution in [0.3, 0.4) is 0 Å². The summed E-state index contributed by atoms with van der Waals surface area (Å²) in [4.78, 5) is 0. The second-order valence-electron chi connectivity index (χ2n) is 4.92. The van der Waals surface area contributed by atoms with E-state index in [4.69, 9.17) is 26.9 Å². The summed E-state index contributed by atoms with van der Waals surface area (Å²) in [6.07, 6.45) is 3.23. The standard InChI is InChI=1S/C14H21ClN2O2/c15-12-2-1-3-14(9-12)19-10-13(17-16)8-11-4-6-18-7-5-11/h1-3,9,11,13,17H,4-8,10,16H2. The molecule has 1 saturated heterocycles. The Morgan fingerprint density at radius 3 is 2.89 bits per heavy atom. The molecule has 1 aromatic rings. The lowest BCUT2D eigenvalue weighted by Crippen LogP contribution is -2.41. The number of nitrogens with one attached hydrogen (secondary N) is 1. The summed E-state index contributed by atoms with van der Waals surface area (Å²) in [5.74, 6) is 7.04. The maximum atomic E-state index is 5.92. The third-order valence-corrected chi connectivity index (χ3v) is 3.68. The van der Waals surface area contributed by atoms with Gasteiger partial charge in [-0.25, -0.2) is 0 Å². The first-order valence-electron chi connectivity index (χ1n) is 6.70. The number of hydrogen-bond acceptors (Lipinski definition) is 4. The first-order chi connectivity index (χ1) is 9.28. The van der Waals surface area contributed by atoms with Crippen LogP contribution in [0.2, 0.25) is 5.02 Å². The molecule has 0 spiro atoms. The van der Waals surface area contributed by atoms with Crippen LogP contribution < -0.4 is 16.0 Å². The van der Waals surface area contributed by atoms with Crippen molar-refractivity contribution in [3.05, 3.63) is 29.3 Å².